The van der Waals surface area contributed by atoms with Gasteiger partial charge in [-0.2, -0.15) is 5.21 Å². The smallest absolute Gasteiger partial charge is 0.295 e. The Morgan fingerprint density at radius 2 is 1.88 bits per heavy atom. The topological polar surface area (TPSA) is 95.1 Å². The van der Waals surface area contributed by atoms with Gasteiger partial charge in [0, 0.05) is 33.1 Å². The molecule has 1 N–H and O–H groups in total. The maximum atomic E-state index is 11.9. The Labute approximate surface area is 98.0 Å². The van der Waals surface area contributed by atoms with Crippen molar-refractivity contribution in [2.75, 3.05) is 26.2 Å². The Morgan fingerprint density at radius 3 is 2.53 bits per heavy atom. The quantitative estimate of drug-likeness (QED) is 0.669. The van der Waals surface area contributed by atoms with Crippen LogP contribution in [0.3, 0.4) is 0 Å². The Bertz CT molecular complexity index is 404. The highest BCUT2D eigenvalue weighted by atomic mass is 16.2. The lowest BCUT2D eigenvalue weighted by atomic mass is 10.3. The molecule has 8 heteroatoms. The monoisotopic (exact) mass is 238 g/mol. The first kappa shape index (κ1) is 11.5. The van der Waals surface area contributed by atoms with Gasteiger partial charge in [0.2, 0.25) is 5.91 Å². The molecule has 0 saturated carbocycles. The van der Waals surface area contributed by atoms with Crippen molar-refractivity contribution in [1.29, 1.82) is 0 Å². The molecule has 17 heavy (non-hydrogen) atoms. The van der Waals surface area contributed by atoms with E-state index in [1.807, 2.05) is 0 Å². The van der Waals surface area contributed by atoms with Gasteiger partial charge in [-0.3, -0.25) is 9.59 Å². The number of aromatic nitrogens is 4. The first-order chi connectivity index (χ1) is 8.18. The van der Waals surface area contributed by atoms with Crippen molar-refractivity contribution in [1.82, 2.24) is 30.4 Å². The number of nitrogens with one attached hydrogen (secondary N) is 1. The van der Waals surface area contributed by atoms with E-state index >= 15 is 0 Å². The molecule has 0 spiro atoms. The number of carbonyl (C=O) groups is 2. The van der Waals surface area contributed by atoms with E-state index < -0.39 is 0 Å². The fourth-order valence-corrected chi connectivity index (χ4v) is 1.83. The molecule has 2 rings (SSSR count). The van der Waals surface area contributed by atoms with E-state index in [2.05, 4.69) is 20.6 Å². The van der Waals surface area contributed by atoms with E-state index in [9.17, 15) is 9.59 Å². The molecular formula is C9H14N6O2. The molecule has 0 atom stereocenters. The fraction of sp³-hybridized carbons (Fsp3) is 0.667. The number of nitrogens with zero attached hydrogens (tertiary/aromatic N) is 5. The molecule has 1 fully saturated rings. The lowest BCUT2D eigenvalue weighted by Gasteiger charge is -2.19. The molecule has 1 aromatic heterocycles. The van der Waals surface area contributed by atoms with Crippen molar-refractivity contribution in [3.05, 3.63) is 5.82 Å². The van der Waals surface area contributed by atoms with Crippen molar-refractivity contribution < 1.29 is 9.59 Å². The second kappa shape index (κ2) is 4.89. The largest absolute Gasteiger partial charge is 0.341 e. The second-order valence-corrected chi connectivity index (χ2v) is 3.89. The van der Waals surface area contributed by atoms with E-state index in [1.165, 1.54) is 6.92 Å². The molecule has 0 aliphatic carbocycles. The van der Waals surface area contributed by atoms with E-state index in [0.717, 1.165) is 6.42 Å². The highest BCUT2D eigenvalue weighted by Gasteiger charge is 2.23. The molecule has 1 aliphatic rings. The average molecular weight is 238 g/mol. The van der Waals surface area contributed by atoms with E-state index in [0.29, 0.717) is 26.2 Å². The maximum Gasteiger partial charge on any atom is 0.295 e. The van der Waals surface area contributed by atoms with Crippen molar-refractivity contribution in [2.45, 2.75) is 13.3 Å². The Hall–Kier alpha value is -1.99. The molecule has 92 valence electrons. The van der Waals surface area contributed by atoms with Gasteiger partial charge in [0.15, 0.2) is 0 Å². The third kappa shape index (κ3) is 2.58. The number of carbonyl (C=O) groups excluding carboxylic acids is 2. The van der Waals surface area contributed by atoms with Crippen LogP contribution in [0.1, 0.15) is 24.0 Å². The van der Waals surface area contributed by atoms with Gasteiger partial charge >= 0.3 is 0 Å². The number of tetrazole rings is 1. The summed E-state index contributed by atoms with van der Waals surface area (Å²) in [7, 11) is 0. The van der Waals surface area contributed by atoms with Crippen LogP contribution >= 0.6 is 0 Å². The average Bonchev–Trinajstić information content (AvgIpc) is 2.71. The predicted molar refractivity (Wildman–Crippen MR) is 57.0 cm³/mol. The Balaban J connectivity index is 1.99. The predicted octanol–water partition coefficient (Wildman–Crippen LogP) is -1.11. The minimum Gasteiger partial charge on any atom is -0.341 e. The molecule has 1 aromatic rings. The van der Waals surface area contributed by atoms with Crippen LogP contribution in [-0.2, 0) is 4.79 Å². The Kier molecular flexibility index (Phi) is 3.31. The summed E-state index contributed by atoms with van der Waals surface area (Å²) in [6.07, 6.45) is 0.767. The van der Waals surface area contributed by atoms with Crippen LogP contribution in [0.2, 0.25) is 0 Å². The van der Waals surface area contributed by atoms with Gasteiger partial charge in [-0.1, -0.05) is 0 Å². The van der Waals surface area contributed by atoms with Gasteiger partial charge < -0.3 is 9.80 Å². The normalized spacial score (nSPS) is 16.8. The molecule has 0 unspecified atom stereocenters. The van der Waals surface area contributed by atoms with E-state index in [-0.39, 0.29) is 17.6 Å². The van der Waals surface area contributed by atoms with Crippen LogP contribution in [-0.4, -0.2) is 68.4 Å². The number of H-pyrrole nitrogens is 1. The van der Waals surface area contributed by atoms with Gasteiger partial charge in [-0.05, 0) is 11.6 Å². The van der Waals surface area contributed by atoms with Crippen LogP contribution in [0.25, 0.3) is 0 Å². The Morgan fingerprint density at radius 1 is 1.18 bits per heavy atom. The second-order valence-electron chi connectivity index (χ2n) is 3.89. The number of amides is 2. The van der Waals surface area contributed by atoms with Crippen molar-refractivity contribution in [3.63, 3.8) is 0 Å². The summed E-state index contributed by atoms with van der Waals surface area (Å²) in [5, 5.41) is 12.9. The van der Waals surface area contributed by atoms with Crippen LogP contribution in [0.5, 0.6) is 0 Å². The summed E-state index contributed by atoms with van der Waals surface area (Å²) in [5.41, 5.74) is 0. The summed E-state index contributed by atoms with van der Waals surface area (Å²) < 4.78 is 0. The third-order valence-electron chi connectivity index (χ3n) is 2.77. The van der Waals surface area contributed by atoms with Gasteiger partial charge in [0.25, 0.3) is 11.7 Å². The van der Waals surface area contributed by atoms with Crippen molar-refractivity contribution in [2.24, 2.45) is 0 Å². The fourth-order valence-electron chi connectivity index (χ4n) is 1.83. The van der Waals surface area contributed by atoms with Crippen molar-refractivity contribution in [3.8, 4) is 0 Å². The lowest BCUT2D eigenvalue weighted by molar-refractivity contribution is -0.128. The standard InChI is InChI=1S/C9H14N6O2/c1-7(16)14-3-2-4-15(6-5-14)9(17)8-10-12-13-11-8/h2-6H2,1H3,(H,10,11,12,13). The lowest BCUT2D eigenvalue weighted by Crippen LogP contribution is -2.37. The van der Waals surface area contributed by atoms with Crippen LogP contribution in [0.4, 0.5) is 0 Å². The minimum atomic E-state index is -0.246. The first-order valence-electron chi connectivity index (χ1n) is 5.46. The maximum absolute atomic E-state index is 11.9. The van der Waals surface area contributed by atoms with Gasteiger partial charge in [0.05, 0.1) is 0 Å². The number of aromatic amines is 1. The SMILES string of the molecule is CC(=O)N1CCCN(C(=O)c2nn[nH]n2)CC1. The molecule has 8 nitrogen and oxygen atoms in total. The molecule has 1 saturated heterocycles. The highest BCUT2D eigenvalue weighted by molar-refractivity contribution is 5.90. The number of hydrogen-bond acceptors (Lipinski definition) is 5. The minimum absolute atomic E-state index is 0.0406. The third-order valence-corrected chi connectivity index (χ3v) is 2.77. The van der Waals surface area contributed by atoms with Gasteiger partial charge in [-0.25, -0.2) is 0 Å². The molecular weight excluding hydrogens is 224 g/mol. The molecule has 2 heterocycles. The zero-order valence-corrected chi connectivity index (χ0v) is 9.59. The highest BCUT2D eigenvalue weighted by Crippen LogP contribution is 2.06. The van der Waals surface area contributed by atoms with E-state index in [4.69, 9.17) is 0 Å². The molecule has 1 aliphatic heterocycles. The van der Waals surface area contributed by atoms with Gasteiger partial charge in [0.1, 0.15) is 0 Å². The van der Waals surface area contributed by atoms with E-state index in [1.54, 1.807) is 9.80 Å². The van der Waals surface area contributed by atoms with Crippen LogP contribution in [0.15, 0.2) is 0 Å². The first-order valence-corrected chi connectivity index (χ1v) is 5.46. The summed E-state index contributed by atoms with van der Waals surface area (Å²) in [5.74, 6) is -0.135. The summed E-state index contributed by atoms with van der Waals surface area (Å²) in [6, 6.07) is 0. The molecule has 2 amide bonds. The van der Waals surface area contributed by atoms with Crippen LogP contribution < -0.4 is 0 Å². The van der Waals surface area contributed by atoms with Crippen LogP contribution in [0, 0.1) is 0 Å². The summed E-state index contributed by atoms with van der Waals surface area (Å²) in [4.78, 5) is 26.6. The molecule has 0 aromatic carbocycles. The zero-order valence-electron chi connectivity index (χ0n) is 9.59. The molecule has 0 bridgehead atoms. The zero-order chi connectivity index (χ0) is 12.3. The van der Waals surface area contributed by atoms with Crippen molar-refractivity contribution >= 4 is 11.8 Å². The summed E-state index contributed by atoms with van der Waals surface area (Å²) >= 11 is 0. The number of rotatable bonds is 1. The molecule has 0 radical (unpaired) electrons. The van der Waals surface area contributed by atoms with Gasteiger partial charge in [-0.15, -0.1) is 10.2 Å². The number of hydrogen-bond donors (Lipinski definition) is 1. The summed E-state index contributed by atoms with van der Waals surface area (Å²) in [6.45, 7) is 3.89.